The van der Waals surface area contributed by atoms with Crippen LogP contribution in [-0.2, 0) is 5.75 Å². The van der Waals surface area contributed by atoms with Gasteiger partial charge in [-0.1, -0.05) is 64.9 Å². The van der Waals surface area contributed by atoms with Crippen LogP contribution in [0.2, 0.25) is 0 Å². The summed E-state index contributed by atoms with van der Waals surface area (Å²) in [7, 11) is 0. The molecule has 0 saturated carbocycles. The van der Waals surface area contributed by atoms with Crippen molar-refractivity contribution >= 4 is 34.9 Å². The standard InChI is InChI=1S/C13H12N2OS3/c1-17-12-14-15-13(19-12)18-9-11-6-3-2-5-10(11)7-4-8-16/h2-3,5-6,16H,8-9H2,1H3. The van der Waals surface area contributed by atoms with Crippen LogP contribution >= 0.6 is 34.9 Å². The van der Waals surface area contributed by atoms with E-state index in [2.05, 4.69) is 22.0 Å². The second-order valence-corrected chi connectivity index (χ2v) is 6.70. The van der Waals surface area contributed by atoms with Crippen LogP contribution in [0.5, 0.6) is 0 Å². The van der Waals surface area contributed by atoms with Gasteiger partial charge in [0, 0.05) is 11.3 Å². The number of hydrogen-bond donors (Lipinski definition) is 1. The lowest BCUT2D eigenvalue weighted by Gasteiger charge is -2.02. The molecule has 0 bridgehead atoms. The number of benzene rings is 1. The number of aliphatic hydroxyl groups is 1. The molecule has 1 aromatic heterocycles. The molecule has 0 aliphatic carbocycles. The van der Waals surface area contributed by atoms with E-state index in [0.717, 1.165) is 25.6 Å². The molecule has 19 heavy (non-hydrogen) atoms. The molecule has 3 nitrogen and oxygen atoms in total. The van der Waals surface area contributed by atoms with Crippen LogP contribution in [0.25, 0.3) is 0 Å². The van der Waals surface area contributed by atoms with Gasteiger partial charge in [0.05, 0.1) is 0 Å². The fraction of sp³-hybridized carbons (Fsp3) is 0.231. The van der Waals surface area contributed by atoms with Crippen LogP contribution in [0.4, 0.5) is 0 Å². The van der Waals surface area contributed by atoms with E-state index in [1.165, 1.54) is 0 Å². The SMILES string of the molecule is CSc1nnc(SCc2ccccc2C#CCO)s1. The number of rotatable bonds is 4. The minimum Gasteiger partial charge on any atom is -0.384 e. The third kappa shape index (κ3) is 4.25. The molecular formula is C13H12N2OS3. The van der Waals surface area contributed by atoms with Crippen LogP contribution in [0, 0.1) is 11.8 Å². The highest BCUT2D eigenvalue weighted by atomic mass is 32.2. The van der Waals surface area contributed by atoms with E-state index >= 15 is 0 Å². The first-order valence-corrected chi connectivity index (χ1v) is 8.54. The molecule has 6 heteroatoms. The molecule has 1 aromatic carbocycles. The van der Waals surface area contributed by atoms with Gasteiger partial charge >= 0.3 is 0 Å². The molecule has 0 fully saturated rings. The molecule has 0 spiro atoms. The Kier molecular flexibility index (Phi) is 5.73. The van der Waals surface area contributed by atoms with Crippen molar-refractivity contribution in [3.63, 3.8) is 0 Å². The first-order valence-electron chi connectivity index (χ1n) is 5.51. The van der Waals surface area contributed by atoms with Gasteiger partial charge in [0.1, 0.15) is 6.61 Å². The summed E-state index contributed by atoms with van der Waals surface area (Å²) >= 11 is 4.87. The zero-order valence-electron chi connectivity index (χ0n) is 10.3. The maximum atomic E-state index is 8.76. The second-order valence-electron chi connectivity index (χ2n) is 3.44. The Morgan fingerprint density at radius 1 is 1.26 bits per heavy atom. The molecule has 0 saturated heterocycles. The highest BCUT2D eigenvalue weighted by molar-refractivity contribution is 8.02. The molecule has 98 valence electrons. The van der Waals surface area contributed by atoms with Crippen LogP contribution in [0.15, 0.2) is 32.9 Å². The molecule has 2 aromatic rings. The summed E-state index contributed by atoms with van der Waals surface area (Å²) in [6.45, 7) is -0.116. The summed E-state index contributed by atoms with van der Waals surface area (Å²) in [4.78, 5) is 0. The first kappa shape index (κ1) is 14.4. The topological polar surface area (TPSA) is 46.0 Å². The highest BCUT2D eigenvalue weighted by Crippen LogP contribution is 2.30. The fourth-order valence-corrected chi connectivity index (χ4v) is 3.82. The van der Waals surface area contributed by atoms with E-state index in [9.17, 15) is 0 Å². The van der Waals surface area contributed by atoms with Gasteiger partial charge in [0.25, 0.3) is 0 Å². The number of aromatic nitrogens is 2. The Balaban J connectivity index is 2.06. The van der Waals surface area contributed by atoms with Crippen LogP contribution < -0.4 is 0 Å². The van der Waals surface area contributed by atoms with Crippen molar-refractivity contribution < 1.29 is 5.11 Å². The molecule has 1 heterocycles. The van der Waals surface area contributed by atoms with E-state index in [1.54, 1.807) is 34.9 Å². The molecule has 0 unspecified atom stereocenters. The van der Waals surface area contributed by atoms with E-state index < -0.39 is 0 Å². The Morgan fingerprint density at radius 2 is 2.05 bits per heavy atom. The third-order valence-electron chi connectivity index (χ3n) is 2.23. The molecule has 0 aliphatic heterocycles. The average molecular weight is 308 g/mol. The van der Waals surface area contributed by atoms with Crippen molar-refractivity contribution in [1.29, 1.82) is 0 Å². The van der Waals surface area contributed by atoms with Crippen LogP contribution in [0.1, 0.15) is 11.1 Å². The second kappa shape index (κ2) is 7.56. The minimum absolute atomic E-state index is 0.116. The molecule has 0 aliphatic rings. The van der Waals surface area contributed by atoms with Crippen molar-refractivity contribution in [2.45, 2.75) is 14.4 Å². The Morgan fingerprint density at radius 3 is 2.79 bits per heavy atom. The quantitative estimate of drug-likeness (QED) is 0.695. The summed E-state index contributed by atoms with van der Waals surface area (Å²) < 4.78 is 1.95. The number of nitrogens with zero attached hydrogens (tertiary/aromatic N) is 2. The van der Waals surface area contributed by atoms with Gasteiger partial charge in [-0.15, -0.1) is 10.2 Å². The number of hydrogen-bond acceptors (Lipinski definition) is 6. The van der Waals surface area contributed by atoms with Crippen molar-refractivity contribution in [3.05, 3.63) is 35.4 Å². The summed E-state index contributed by atoms with van der Waals surface area (Å²) in [5.41, 5.74) is 2.10. The molecule has 0 atom stereocenters. The van der Waals surface area contributed by atoms with Crippen LogP contribution in [-0.4, -0.2) is 28.2 Å². The Labute approximate surface area is 124 Å². The van der Waals surface area contributed by atoms with E-state index in [0.29, 0.717) is 0 Å². The largest absolute Gasteiger partial charge is 0.384 e. The van der Waals surface area contributed by atoms with E-state index in [1.807, 2.05) is 30.5 Å². The van der Waals surface area contributed by atoms with Crippen molar-refractivity contribution in [1.82, 2.24) is 10.2 Å². The lowest BCUT2D eigenvalue weighted by Crippen LogP contribution is -1.87. The number of thioether (sulfide) groups is 2. The zero-order valence-corrected chi connectivity index (χ0v) is 12.7. The van der Waals surface area contributed by atoms with Crippen LogP contribution in [0.3, 0.4) is 0 Å². The fourth-order valence-electron chi connectivity index (χ4n) is 1.38. The molecule has 1 N–H and O–H groups in total. The summed E-state index contributed by atoms with van der Waals surface area (Å²) in [6, 6.07) is 7.96. The summed E-state index contributed by atoms with van der Waals surface area (Å²) in [6.07, 6.45) is 1.99. The average Bonchev–Trinajstić information content (AvgIpc) is 2.91. The van der Waals surface area contributed by atoms with Crippen molar-refractivity contribution in [2.24, 2.45) is 0 Å². The van der Waals surface area contributed by atoms with E-state index in [-0.39, 0.29) is 6.61 Å². The number of aliphatic hydroxyl groups excluding tert-OH is 1. The van der Waals surface area contributed by atoms with Gasteiger partial charge in [-0.2, -0.15) is 0 Å². The molecule has 0 amide bonds. The maximum Gasteiger partial charge on any atom is 0.175 e. The van der Waals surface area contributed by atoms with Gasteiger partial charge in [0.15, 0.2) is 8.68 Å². The minimum atomic E-state index is -0.116. The van der Waals surface area contributed by atoms with Gasteiger partial charge in [-0.05, 0) is 17.9 Å². The van der Waals surface area contributed by atoms with Crippen molar-refractivity contribution in [3.8, 4) is 11.8 Å². The smallest absolute Gasteiger partial charge is 0.175 e. The summed E-state index contributed by atoms with van der Waals surface area (Å²) in [5, 5.41) is 17.0. The Bertz CT molecular complexity index is 601. The normalized spacial score (nSPS) is 10.0. The lowest BCUT2D eigenvalue weighted by atomic mass is 10.1. The van der Waals surface area contributed by atoms with Gasteiger partial charge < -0.3 is 5.11 Å². The first-order chi connectivity index (χ1) is 9.33. The zero-order chi connectivity index (χ0) is 13.5. The van der Waals surface area contributed by atoms with Gasteiger partial charge in [-0.3, -0.25) is 0 Å². The molecule has 2 rings (SSSR count). The van der Waals surface area contributed by atoms with Gasteiger partial charge in [-0.25, -0.2) is 0 Å². The summed E-state index contributed by atoms with van der Waals surface area (Å²) in [5.74, 6) is 6.45. The predicted molar refractivity (Wildman–Crippen MR) is 81.7 cm³/mol. The Hall–Kier alpha value is -1.00. The van der Waals surface area contributed by atoms with E-state index in [4.69, 9.17) is 5.11 Å². The maximum absolute atomic E-state index is 8.76. The molecular weight excluding hydrogens is 296 g/mol. The monoisotopic (exact) mass is 308 g/mol. The lowest BCUT2D eigenvalue weighted by molar-refractivity contribution is 0.350. The third-order valence-corrected chi connectivity index (χ3v) is 5.31. The highest BCUT2D eigenvalue weighted by Gasteiger charge is 2.05. The van der Waals surface area contributed by atoms with Crippen molar-refractivity contribution in [2.75, 3.05) is 12.9 Å². The van der Waals surface area contributed by atoms with Gasteiger partial charge in [0.2, 0.25) is 0 Å². The predicted octanol–water partition coefficient (Wildman–Crippen LogP) is 2.90. The molecule has 0 radical (unpaired) electrons.